The van der Waals surface area contributed by atoms with E-state index in [1.165, 1.54) is 10.9 Å². The first-order chi connectivity index (χ1) is 14.6. The molecule has 0 radical (unpaired) electrons. The van der Waals surface area contributed by atoms with Gasteiger partial charge < -0.3 is 23.7 Å². The largest absolute Gasteiger partial charge is 0.493 e. The molecule has 1 amide bonds. The van der Waals surface area contributed by atoms with Gasteiger partial charge in [0.2, 0.25) is 0 Å². The quantitative estimate of drug-likeness (QED) is 0.536. The SMILES string of the molecule is COc1cc2c(cc1OC)C(=O)N(CCCN(C)CCc1coc3ccccc13)C2. The van der Waals surface area contributed by atoms with Crippen molar-refractivity contribution < 1.29 is 18.7 Å². The van der Waals surface area contributed by atoms with E-state index in [0.29, 0.717) is 23.6 Å². The third-order valence-electron chi connectivity index (χ3n) is 5.78. The molecule has 3 aromatic rings. The highest BCUT2D eigenvalue weighted by Crippen LogP contribution is 2.34. The van der Waals surface area contributed by atoms with Crippen LogP contribution in [-0.4, -0.2) is 56.6 Å². The van der Waals surface area contributed by atoms with E-state index in [0.717, 1.165) is 43.6 Å². The molecular formula is C24H28N2O4. The van der Waals surface area contributed by atoms with Gasteiger partial charge in [-0.05, 0) is 55.8 Å². The molecule has 30 heavy (non-hydrogen) atoms. The molecule has 1 aromatic heterocycles. The maximum atomic E-state index is 12.8. The lowest BCUT2D eigenvalue weighted by Gasteiger charge is -2.19. The Morgan fingerprint density at radius 2 is 1.87 bits per heavy atom. The molecule has 0 N–H and O–H groups in total. The molecule has 6 nitrogen and oxygen atoms in total. The Morgan fingerprint density at radius 3 is 2.67 bits per heavy atom. The van der Waals surface area contributed by atoms with Gasteiger partial charge in [-0.3, -0.25) is 4.79 Å². The minimum absolute atomic E-state index is 0.0680. The number of rotatable bonds is 9. The minimum atomic E-state index is 0.0680. The number of likely N-dealkylation sites (N-methyl/N-ethyl adjacent to an activating group) is 1. The number of furan rings is 1. The van der Waals surface area contributed by atoms with Crippen LogP contribution in [0.1, 0.15) is 27.9 Å². The molecular weight excluding hydrogens is 380 g/mol. The van der Waals surface area contributed by atoms with Crippen molar-refractivity contribution in [3.05, 3.63) is 59.4 Å². The summed E-state index contributed by atoms with van der Waals surface area (Å²) in [5.74, 6) is 1.33. The lowest BCUT2D eigenvalue weighted by molar-refractivity contribution is 0.0772. The zero-order chi connectivity index (χ0) is 21.1. The van der Waals surface area contributed by atoms with E-state index in [1.54, 1.807) is 20.3 Å². The standard InChI is InChI=1S/C24H28N2O4/c1-25(12-9-17-16-30-21-8-5-4-7-19(17)21)10-6-11-26-15-18-13-22(28-2)23(29-3)14-20(18)24(26)27/h4-5,7-8,13-14,16H,6,9-12,15H2,1-3H3. The van der Waals surface area contributed by atoms with Crippen LogP contribution in [0, 0.1) is 0 Å². The van der Waals surface area contributed by atoms with E-state index < -0.39 is 0 Å². The smallest absolute Gasteiger partial charge is 0.254 e. The van der Waals surface area contributed by atoms with Crippen molar-refractivity contribution in [2.45, 2.75) is 19.4 Å². The third-order valence-corrected chi connectivity index (χ3v) is 5.78. The molecule has 0 aliphatic carbocycles. The van der Waals surface area contributed by atoms with Crippen molar-refractivity contribution in [3.8, 4) is 11.5 Å². The molecule has 0 saturated heterocycles. The predicted octanol–water partition coefficient (Wildman–Crippen LogP) is 3.97. The lowest BCUT2D eigenvalue weighted by atomic mass is 10.1. The maximum absolute atomic E-state index is 12.8. The average molecular weight is 408 g/mol. The highest BCUT2D eigenvalue weighted by molar-refractivity contribution is 5.99. The molecule has 0 unspecified atom stereocenters. The number of amides is 1. The zero-order valence-electron chi connectivity index (χ0n) is 17.8. The van der Waals surface area contributed by atoms with Crippen molar-refractivity contribution in [3.63, 3.8) is 0 Å². The van der Waals surface area contributed by atoms with Gasteiger partial charge in [0.1, 0.15) is 5.58 Å². The van der Waals surface area contributed by atoms with Crippen LogP contribution >= 0.6 is 0 Å². The van der Waals surface area contributed by atoms with Crippen LogP contribution in [-0.2, 0) is 13.0 Å². The van der Waals surface area contributed by atoms with Gasteiger partial charge in [0.25, 0.3) is 5.91 Å². The number of nitrogens with zero attached hydrogens (tertiary/aromatic N) is 2. The number of carbonyl (C=O) groups is 1. The predicted molar refractivity (Wildman–Crippen MR) is 116 cm³/mol. The summed E-state index contributed by atoms with van der Waals surface area (Å²) < 4.78 is 16.3. The Labute approximate surface area is 177 Å². The summed E-state index contributed by atoms with van der Waals surface area (Å²) in [6.45, 7) is 3.24. The van der Waals surface area contributed by atoms with Crippen LogP contribution < -0.4 is 9.47 Å². The van der Waals surface area contributed by atoms with E-state index >= 15 is 0 Å². The van der Waals surface area contributed by atoms with Crippen molar-refractivity contribution >= 4 is 16.9 Å². The van der Waals surface area contributed by atoms with Crippen LogP contribution in [0.4, 0.5) is 0 Å². The Bertz CT molecular complexity index is 1040. The number of hydrogen-bond donors (Lipinski definition) is 0. The monoisotopic (exact) mass is 408 g/mol. The molecule has 158 valence electrons. The Balaban J connectivity index is 1.27. The molecule has 2 aromatic carbocycles. The summed E-state index contributed by atoms with van der Waals surface area (Å²) in [6.07, 6.45) is 3.74. The second kappa shape index (κ2) is 8.79. The molecule has 2 heterocycles. The van der Waals surface area contributed by atoms with E-state index in [1.807, 2.05) is 35.4 Å². The Hall–Kier alpha value is -2.99. The van der Waals surface area contributed by atoms with Crippen LogP contribution in [0.15, 0.2) is 47.1 Å². The lowest BCUT2D eigenvalue weighted by Crippen LogP contribution is -2.29. The maximum Gasteiger partial charge on any atom is 0.254 e. The second-order valence-electron chi connectivity index (χ2n) is 7.75. The molecule has 0 fully saturated rings. The number of carbonyl (C=O) groups excluding carboxylic acids is 1. The zero-order valence-corrected chi connectivity index (χ0v) is 17.8. The topological polar surface area (TPSA) is 55.2 Å². The highest BCUT2D eigenvalue weighted by atomic mass is 16.5. The van der Waals surface area contributed by atoms with Crippen molar-refractivity contribution in [2.24, 2.45) is 0 Å². The van der Waals surface area contributed by atoms with Crippen molar-refractivity contribution in [2.75, 3.05) is 40.9 Å². The summed E-state index contributed by atoms with van der Waals surface area (Å²) in [5.41, 5.74) is 3.90. The number of ether oxygens (including phenoxy) is 2. The van der Waals surface area contributed by atoms with E-state index in [2.05, 4.69) is 18.0 Å². The molecule has 0 spiro atoms. The first-order valence-corrected chi connectivity index (χ1v) is 10.3. The first kappa shape index (κ1) is 20.3. The summed E-state index contributed by atoms with van der Waals surface area (Å²) in [6, 6.07) is 11.8. The molecule has 1 aliphatic rings. The summed E-state index contributed by atoms with van der Waals surface area (Å²) >= 11 is 0. The van der Waals surface area contributed by atoms with E-state index in [-0.39, 0.29) is 5.91 Å². The third kappa shape index (κ3) is 4.00. The average Bonchev–Trinajstić information content (AvgIpc) is 3.32. The minimum Gasteiger partial charge on any atom is -0.493 e. The van der Waals surface area contributed by atoms with Gasteiger partial charge in [-0.15, -0.1) is 0 Å². The molecule has 6 heteroatoms. The number of hydrogen-bond acceptors (Lipinski definition) is 5. The Morgan fingerprint density at radius 1 is 1.10 bits per heavy atom. The van der Waals surface area contributed by atoms with Gasteiger partial charge in [-0.2, -0.15) is 0 Å². The number of benzene rings is 2. The van der Waals surface area contributed by atoms with E-state index in [9.17, 15) is 4.79 Å². The van der Waals surface area contributed by atoms with Crippen molar-refractivity contribution in [1.29, 1.82) is 0 Å². The fourth-order valence-electron chi connectivity index (χ4n) is 4.06. The molecule has 0 atom stereocenters. The summed E-state index contributed by atoms with van der Waals surface area (Å²) in [5, 5.41) is 1.19. The van der Waals surface area contributed by atoms with Gasteiger partial charge in [0.05, 0.1) is 20.5 Å². The fourth-order valence-corrected chi connectivity index (χ4v) is 4.06. The van der Waals surface area contributed by atoms with Gasteiger partial charge in [0.15, 0.2) is 11.5 Å². The van der Waals surface area contributed by atoms with Gasteiger partial charge in [-0.25, -0.2) is 0 Å². The summed E-state index contributed by atoms with van der Waals surface area (Å²) in [4.78, 5) is 17.0. The van der Waals surface area contributed by atoms with Gasteiger partial charge in [0, 0.05) is 30.6 Å². The summed E-state index contributed by atoms with van der Waals surface area (Å²) in [7, 11) is 5.32. The Kier molecular flexibility index (Phi) is 5.95. The number of fused-ring (bicyclic) bond motifs is 2. The molecule has 4 rings (SSSR count). The normalized spacial score (nSPS) is 13.3. The van der Waals surface area contributed by atoms with E-state index in [4.69, 9.17) is 13.9 Å². The van der Waals surface area contributed by atoms with Crippen LogP contribution in [0.25, 0.3) is 11.0 Å². The van der Waals surface area contributed by atoms with Crippen LogP contribution in [0.5, 0.6) is 11.5 Å². The molecule has 0 saturated carbocycles. The van der Waals surface area contributed by atoms with Gasteiger partial charge >= 0.3 is 0 Å². The second-order valence-corrected chi connectivity index (χ2v) is 7.75. The van der Waals surface area contributed by atoms with Crippen molar-refractivity contribution in [1.82, 2.24) is 9.80 Å². The highest BCUT2D eigenvalue weighted by Gasteiger charge is 2.29. The van der Waals surface area contributed by atoms with Crippen LogP contribution in [0.2, 0.25) is 0 Å². The number of methoxy groups -OCH3 is 2. The molecule has 1 aliphatic heterocycles. The first-order valence-electron chi connectivity index (χ1n) is 10.3. The number of para-hydroxylation sites is 1. The fraction of sp³-hybridized carbons (Fsp3) is 0.375. The molecule has 0 bridgehead atoms. The van der Waals surface area contributed by atoms with Crippen LogP contribution in [0.3, 0.4) is 0 Å². The van der Waals surface area contributed by atoms with Gasteiger partial charge in [-0.1, -0.05) is 18.2 Å².